The number of nitro groups is 1. The van der Waals surface area contributed by atoms with Crippen molar-refractivity contribution in [2.24, 2.45) is 0 Å². The Balaban J connectivity index is 1.91. The van der Waals surface area contributed by atoms with Gasteiger partial charge in [0.1, 0.15) is 17.7 Å². The highest BCUT2D eigenvalue weighted by atomic mass is 16.6. The number of nitrogens with zero attached hydrogens (tertiary/aromatic N) is 3. The summed E-state index contributed by atoms with van der Waals surface area (Å²) in [6.07, 6.45) is 2.28. The van der Waals surface area contributed by atoms with Gasteiger partial charge in [-0.05, 0) is 11.1 Å². The zero-order chi connectivity index (χ0) is 16.1. The van der Waals surface area contributed by atoms with Crippen LogP contribution in [0, 0.1) is 10.1 Å². The Kier molecular flexibility index (Phi) is 4.38. The average Bonchev–Trinajstić information content (AvgIpc) is 2.57. The third kappa shape index (κ3) is 3.77. The van der Waals surface area contributed by atoms with Crippen molar-refractivity contribution in [3.63, 3.8) is 0 Å². The molecule has 2 aromatic carbocycles. The minimum atomic E-state index is -0.426. The maximum absolute atomic E-state index is 11.2. The molecule has 23 heavy (non-hydrogen) atoms. The van der Waals surface area contributed by atoms with Crippen LogP contribution in [0.1, 0.15) is 22.6 Å². The smallest absolute Gasteiger partial charge is 0.258 e. The van der Waals surface area contributed by atoms with Gasteiger partial charge in [0.15, 0.2) is 0 Å². The van der Waals surface area contributed by atoms with Gasteiger partial charge in [-0.2, -0.15) is 0 Å². The lowest BCUT2D eigenvalue weighted by atomic mass is 10.1. The summed E-state index contributed by atoms with van der Waals surface area (Å²) in [5.41, 5.74) is 2.47. The van der Waals surface area contributed by atoms with Crippen LogP contribution in [0.4, 0.5) is 5.69 Å². The Morgan fingerprint density at radius 2 is 1.43 bits per heavy atom. The molecular formula is C18H15N3O2. The molecule has 5 heteroatoms. The van der Waals surface area contributed by atoms with E-state index in [0.717, 1.165) is 11.1 Å². The van der Waals surface area contributed by atoms with Crippen LogP contribution < -0.4 is 0 Å². The quantitative estimate of drug-likeness (QED) is 0.534. The minimum Gasteiger partial charge on any atom is -0.258 e. The van der Waals surface area contributed by atoms with Gasteiger partial charge in [-0.15, -0.1) is 0 Å². The molecule has 0 saturated carbocycles. The normalized spacial score (nSPS) is 10.4. The highest BCUT2D eigenvalue weighted by Gasteiger charge is 2.17. The van der Waals surface area contributed by atoms with E-state index in [1.54, 1.807) is 0 Å². The molecule has 114 valence electrons. The van der Waals surface area contributed by atoms with Crippen molar-refractivity contribution in [1.82, 2.24) is 9.97 Å². The van der Waals surface area contributed by atoms with Gasteiger partial charge in [-0.25, -0.2) is 9.97 Å². The van der Waals surface area contributed by atoms with Crippen LogP contribution in [0.5, 0.6) is 0 Å². The summed E-state index contributed by atoms with van der Waals surface area (Å²) in [5, 5.41) is 11.2. The van der Waals surface area contributed by atoms with E-state index < -0.39 is 4.92 Å². The number of hydrogen-bond acceptors (Lipinski definition) is 4. The van der Waals surface area contributed by atoms with Crippen molar-refractivity contribution in [3.8, 4) is 0 Å². The first-order valence-electron chi connectivity index (χ1n) is 7.29. The van der Waals surface area contributed by atoms with Crippen LogP contribution in [0.2, 0.25) is 0 Å². The van der Waals surface area contributed by atoms with Crippen molar-refractivity contribution >= 4 is 5.69 Å². The van der Waals surface area contributed by atoms with Crippen molar-refractivity contribution in [2.75, 3.05) is 0 Å². The van der Waals surface area contributed by atoms with E-state index in [1.807, 2.05) is 60.7 Å². The van der Waals surface area contributed by atoms with Crippen LogP contribution in [-0.2, 0) is 12.8 Å². The van der Waals surface area contributed by atoms with Gasteiger partial charge in [-0.3, -0.25) is 10.1 Å². The SMILES string of the molecule is O=[N+]([O-])c1cnc(Cc2ccccc2)nc1Cc1ccccc1. The first-order chi connectivity index (χ1) is 11.2. The number of rotatable bonds is 5. The van der Waals surface area contributed by atoms with Crippen LogP contribution in [0.25, 0.3) is 0 Å². The largest absolute Gasteiger partial charge is 0.309 e. The first-order valence-corrected chi connectivity index (χ1v) is 7.29. The number of hydrogen-bond donors (Lipinski definition) is 0. The van der Waals surface area contributed by atoms with Gasteiger partial charge in [0, 0.05) is 12.8 Å². The van der Waals surface area contributed by atoms with E-state index in [4.69, 9.17) is 0 Å². The number of benzene rings is 2. The highest BCUT2D eigenvalue weighted by molar-refractivity contribution is 5.37. The molecule has 0 aliphatic rings. The standard InChI is InChI=1S/C18H15N3O2/c22-21(23)17-13-19-18(12-15-9-5-2-6-10-15)20-16(17)11-14-7-3-1-4-8-14/h1-10,13H,11-12H2. The monoisotopic (exact) mass is 305 g/mol. The molecule has 3 aromatic rings. The molecule has 0 fully saturated rings. The van der Waals surface area contributed by atoms with E-state index in [1.165, 1.54) is 6.20 Å². The zero-order valence-corrected chi connectivity index (χ0v) is 12.4. The molecule has 1 heterocycles. The summed E-state index contributed by atoms with van der Waals surface area (Å²) in [4.78, 5) is 19.4. The fourth-order valence-electron chi connectivity index (χ4n) is 2.39. The van der Waals surface area contributed by atoms with Gasteiger partial charge in [0.05, 0.1) is 4.92 Å². The predicted molar refractivity (Wildman–Crippen MR) is 87.2 cm³/mol. The third-order valence-corrected chi connectivity index (χ3v) is 3.51. The van der Waals surface area contributed by atoms with E-state index in [-0.39, 0.29) is 5.69 Å². The fourth-order valence-corrected chi connectivity index (χ4v) is 2.39. The summed E-state index contributed by atoms with van der Waals surface area (Å²) in [6, 6.07) is 19.4. The van der Waals surface area contributed by atoms with Gasteiger partial charge in [0.2, 0.25) is 0 Å². The van der Waals surface area contributed by atoms with E-state index in [2.05, 4.69) is 9.97 Å². The predicted octanol–water partition coefficient (Wildman–Crippen LogP) is 3.57. The van der Waals surface area contributed by atoms with E-state index in [9.17, 15) is 10.1 Å². The van der Waals surface area contributed by atoms with Crippen molar-refractivity contribution < 1.29 is 4.92 Å². The second kappa shape index (κ2) is 6.79. The Hall–Kier alpha value is -3.08. The average molecular weight is 305 g/mol. The molecule has 0 amide bonds. The highest BCUT2D eigenvalue weighted by Crippen LogP contribution is 2.19. The van der Waals surface area contributed by atoms with Crippen LogP contribution >= 0.6 is 0 Å². The molecule has 0 unspecified atom stereocenters. The molecule has 0 N–H and O–H groups in total. The third-order valence-electron chi connectivity index (χ3n) is 3.51. The molecule has 0 aliphatic heterocycles. The van der Waals surface area contributed by atoms with Gasteiger partial charge < -0.3 is 0 Å². The van der Waals surface area contributed by atoms with Gasteiger partial charge in [-0.1, -0.05) is 60.7 Å². The Morgan fingerprint density at radius 1 is 0.870 bits per heavy atom. The summed E-state index contributed by atoms with van der Waals surface area (Å²) in [5.74, 6) is 0.590. The second-order valence-electron chi connectivity index (χ2n) is 5.20. The van der Waals surface area contributed by atoms with E-state index >= 15 is 0 Å². The molecule has 5 nitrogen and oxygen atoms in total. The molecule has 3 rings (SSSR count). The van der Waals surface area contributed by atoms with Crippen LogP contribution in [0.15, 0.2) is 66.9 Å². The molecule has 0 saturated heterocycles. The molecule has 0 aliphatic carbocycles. The van der Waals surface area contributed by atoms with E-state index in [0.29, 0.717) is 24.4 Å². The van der Waals surface area contributed by atoms with Crippen molar-refractivity contribution in [3.05, 3.63) is 99.6 Å². The Bertz CT molecular complexity index is 805. The van der Waals surface area contributed by atoms with Crippen LogP contribution in [-0.4, -0.2) is 14.9 Å². The lowest BCUT2D eigenvalue weighted by Gasteiger charge is -2.06. The zero-order valence-electron chi connectivity index (χ0n) is 12.4. The molecule has 0 spiro atoms. The molecule has 0 radical (unpaired) electrons. The van der Waals surface area contributed by atoms with Crippen LogP contribution in [0.3, 0.4) is 0 Å². The lowest BCUT2D eigenvalue weighted by molar-refractivity contribution is -0.386. The summed E-state index contributed by atoms with van der Waals surface area (Å²) in [7, 11) is 0. The van der Waals surface area contributed by atoms with Crippen molar-refractivity contribution in [1.29, 1.82) is 0 Å². The summed E-state index contributed by atoms with van der Waals surface area (Å²) >= 11 is 0. The van der Waals surface area contributed by atoms with Gasteiger partial charge in [0.25, 0.3) is 0 Å². The lowest BCUT2D eigenvalue weighted by Crippen LogP contribution is -2.05. The Labute approximate surface area is 133 Å². The molecule has 0 bridgehead atoms. The summed E-state index contributed by atoms with van der Waals surface area (Å²) < 4.78 is 0. The maximum atomic E-state index is 11.2. The topological polar surface area (TPSA) is 68.9 Å². The number of aromatic nitrogens is 2. The second-order valence-corrected chi connectivity index (χ2v) is 5.20. The molecule has 1 aromatic heterocycles. The first kappa shape index (κ1) is 14.8. The van der Waals surface area contributed by atoms with Crippen molar-refractivity contribution in [2.45, 2.75) is 12.8 Å². The molecular weight excluding hydrogens is 290 g/mol. The van der Waals surface area contributed by atoms with Gasteiger partial charge >= 0.3 is 5.69 Å². The molecule has 0 atom stereocenters. The minimum absolute atomic E-state index is 0.0364. The Morgan fingerprint density at radius 3 is 2.00 bits per heavy atom. The maximum Gasteiger partial charge on any atom is 0.309 e. The fraction of sp³-hybridized carbons (Fsp3) is 0.111. The summed E-state index contributed by atoms with van der Waals surface area (Å²) in [6.45, 7) is 0.